The molecule has 1 unspecified atom stereocenters. The van der Waals surface area contributed by atoms with Crippen molar-refractivity contribution < 1.29 is 9.18 Å². The van der Waals surface area contributed by atoms with Crippen molar-refractivity contribution in [1.29, 1.82) is 0 Å². The van der Waals surface area contributed by atoms with Crippen molar-refractivity contribution in [3.8, 4) is 0 Å². The molecule has 1 aliphatic heterocycles. The van der Waals surface area contributed by atoms with E-state index < -0.39 is 0 Å². The van der Waals surface area contributed by atoms with Gasteiger partial charge in [0.15, 0.2) is 0 Å². The van der Waals surface area contributed by atoms with Crippen LogP contribution in [0.2, 0.25) is 0 Å². The molecular formula is C19H23FN4O2. The standard InChI is InChI=1S/C19H23FN4O2/c1-3-23(13(2)14-4-6-16(20)7-5-14)18(25)12-24-19(26)17-8-9-21-10-15(17)11-22-24/h4-7,11,13,21H,3,8-10,12H2,1-2H3. The van der Waals surface area contributed by atoms with E-state index in [-0.39, 0.29) is 29.9 Å². The molecule has 2 heterocycles. The van der Waals surface area contributed by atoms with Crippen molar-refractivity contribution in [2.75, 3.05) is 13.1 Å². The summed E-state index contributed by atoms with van der Waals surface area (Å²) in [5.74, 6) is -0.498. The first-order chi connectivity index (χ1) is 12.5. The third kappa shape index (κ3) is 3.67. The fourth-order valence-electron chi connectivity index (χ4n) is 3.34. The van der Waals surface area contributed by atoms with E-state index in [4.69, 9.17) is 0 Å². The number of amides is 1. The fraction of sp³-hybridized carbons (Fsp3) is 0.421. The maximum Gasteiger partial charge on any atom is 0.270 e. The molecule has 1 amide bonds. The SMILES string of the molecule is CCN(C(=O)Cn1ncc2c(c1=O)CCNC2)C(C)c1ccc(F)cc1. The highest BCUT2D eigenvalue weighted by atomic mass is 19.1. The predicted octanol–water partition coefficient (Wildman–Crippen LogP) is 1.64. The second-order valence-electron chi connectivity index (χ2n) is 6.45. The second kappa shape index (κ2) is 7.78. The van der Waals surface area contributed by atoms with Crippen LogP contribution >= 0.6 is 0 Å². The molecule has 1 atom stereocenters. The quantitative estimate of drug-likeness (QED) is 0.882. The van der Waals surface area contributed by atoms with Gasteiger partial charge in [-0.1, -0.05) is 12.1 Å². The Morgan fingerprint density at radius 2 is 2.12 bits per heavy atom. The average Bonchev–Trinajstić information content (AvgIpc) is 2.65. The maximum absolute atomic E-state index is 13.1. The van der Waals surface area contributed by atoms with E-state index in [9.17, 15) is 14.0 Å². The highest BCUT2D eigenvalue weighted by Gasteiger charge is 2.22. The normalized spacial score (nSPS) is 14.6. The van der Waals surface area contributed by atoms with Gasteiger partial charge in [0.05, 0.1) is 12.2 Å². The minimum Gasteiger partial charge on any atom is -0.335 e. The summed E-state index contributed by atoms with van der Waals surface area (Å²) >= 11 is 0. The van der Waals surface area contributed by atoms with Crippen LogP contribution in [0.4, 0.5) is 4.39 Å². The van der Waals surface area contributed by atoms with E-state index in [1.54, 1.807) is 23.2 Å². The number of halogens is 1. The third-order valence-electron chi connectivity index (χ3n) is 4.87. The molecule has 0 aliphatic carbocycles. The number of aromatic nitrogens is 2. The molecule has 0 saturated heterocycles. The van der Waals surface area contributed by atoms with Crippen LogP contribution in [0.15, 0.2) is 35.3 Å². The van der Waals surface area contributed by atoms with Crippen molar-refractivity contribution in [2.24, 2.45) is 0 Å². The predicted molar refractivity (Wildman–Crippen MR) is 96.1 cm³/mol. The molecule has 1 aromatic heterocycles. The summed E-state index contributed by atoms with van der Waals surface area (Å²) in [6.45, 7) is 5.55. The van der Waals surface area contributed by atoms with E-state index >= 15 is 0 Å². The van der Waals surface area contributed by atoms with Gasteiger partial charge in [-0.25, -0.2) is 9.07 Å². The number of carbonyl (C=O) groups is 1. The molecule has 0 radical (unpaired) electrons. The molecule has 1 aromatic carbocycles. The first-order valence-corrected chi connectivity index (χ1v) is 8.84. The van der Waals surface area contributed by atoms with Gasteiger partial charge in [0, 0.05) is 18.7 Å². The minimum absolute atomic E-state index is 0.0983. The number of benzene rings is 1. The highest BCUT2D eigenvalue weighted by molar-refractivity contribution is 5.76. The number of fused-ring (bicyclic) bond motifs is 1. The van der Waals surface area contributed by atoms with Gasteiger partial charge >= 0.3 is 0 Å². The van der Waals surface area contributed by atoms with Gasteiger partial charge < -0.3 is 10.2 Å². The molecule has 6 nitrogen and oxygen atoms in total. The van der Waals surface area contributed by atoms with Gasteiger partial charge in [-0.05, 0) is 50.1 Å². The van der Waals surface area contributed by atoms with Gasteiger partial charge in [-0.2, -0.15) is 5.10 Å². The van der Waals surface area contributed by atoms with Crippen LogP contribution in [-0.4, -0.2) is 33.7 Å². The Morgan fingerprint density at radius 3 is 2.81 bits per heavy atom. The van der Waals surface area contributed by atoms with Gasteiger partial charge in [0.1, 0.15) is 12.4 Å². The molecule has 2 aromatic rings. The summed E-state index contributed by atoms with van der Waals surface area (Å²) in [6, 6.07) is 5.89. The van der Waals surface area contributed by atoms with Gasteiger partial charge in [0.2, 0.25) is 5.91 Å². The summed E-state index contributed by atoms with van der Waals surface area (Å²) < 4.78 is 14.4. The summed E-state index contributed by atoms with van der Waals surface area (Å²) in [5, 5.41) is 7.36. The van der Waals surface area contributed by atoms with Crippen LogP contribution in [0.3, 0.4) is 0 Å². The largest absolute Gasteiger partial charge is 0.335 e. The van der Waals surface area contributed by atoms with Gasteiger partial charge in [-0.3, -0.25) is 9.59 Å². The molecule has 26 heavy (non-hydrogen) atoms. The number of nitrogens with zero attached hydrogens (tertiary/aromatic N) is 3. The Balaban J connectivity index is 1.79. The van der Waals surface area contributed by atoms with Crippen LogP contribution in [-0.2, 0) is 24.3 Å². The number of hydrogen-bond donors (Lipinski definition) is 1. The van der Waals surface area contributed by atoms with Crippen molar-refractivity contribution in [3.05, 3.63) is 63.3 Å². The lowest BCUT2D eigenvalue weighted by molar-refractivity contribution is -0.134. The van der Waals surface area contributed by atoms with Crippen LogP contribution in [0.25, 0.3) is 0 Å². The van der Waals surface area contributed by atoms with Crippen molar-refractivity contribution >= 4 is 5.91 Å². The third-order valence-corrected chi connectivity index (χ3v) is 4.87. The highest BCUT2D eigenvalue weighted by Crippen LogP contribution is 2.20. The second-order valence-corrected chi connectivity index (χ2v) is 6.45. The molecule has 1 N–H and O–H groups in total. The zero-order valence-corrected chi connectivity index (χ0v) is 15.0. The molecule has 0 spiro atoms. The Hall–Kier alpha value is -2.54. The molecule has 0 fully saturated rings. The molecule has 138 valence electrons. The van der Waals surface area contributed by atoms with Crippen molar-refractivity contribution in [3.63, 3.8) is 0 Å². The number of carbonyl (C=O) groups excluding carboxylic acids is 1. The Kier molecular flexibility index (Phi) is 5.46. The zero-order chi connectivity index (χ0) is 18.7. The molecule has 0 bridgehead atoms. The molecule has 0 saturated carbocycles. The Bertz CT molecular complexity index is 848. The monoisotopic (exact) mass is 358 g/mol. The van der Waals surface area contributed by atoms with E-state index in [2.05, 4.69) is 10.4 Å². The van der Waals surface area contributed by atoms with Crippen molar-refractivity contribution in [1.82, 2.24) is 20.0 Å². The maximum atomic E-state index is 13.1. The lowest BCUT2D eigenvalue weighted by atomic mass is 10.1. The summed E-state index contributed by atoms with van der Waals surface area (Å²) in [6.07, 6.45) is 2.31. The van der Waals surface area contributed by atoms with E-state index in [0.717, 1.165) is 23.2 Å². The van der Waals surface area contributed by atoms with Crippen LogP contribution in [0, 0.1) is 5.82 Å². The minimum atomic E-state index is -0.311. The van der Waals surface area contributed by atoms with E-state index in [0.29, 0.717) is 19.5 Å². The number of nitrogens with one attached hydrogen (secondary N) is 1. The summed E-state index contributed by atoms with van der Waals surface area (Å²) in [4.78, 5) is 27.1. The number of likely N-dealkylation sites (N-methyl/N-ethyl adjacent to an activating group) is 1. The van der Waals surface area contributed by atoms with Gasteiger partial charge in [0.25, 0.3) is 5.56 Å². The van der Waals surface area contributed by atoms with Crippen LogP contribution in [0.1, 0.15) is 36.6 Å². The molecule has 7 heteroatoms. The zero-order valence-electron chi connectivity index (χ0n) is 15.0. The Labute approximate surface area is 151 Å². The first kappa shape index (κ1) is 18.3. The van der Waals surface area contributed by atoms with Crippen LogP contribution < -0.4 is 10.9 Å². The topological polar surface area (TPSA) is 67.2 Å². The summed E-state index contributed by atoms with van der Waals surface area (Å²) in [5.41, 5.74) is 2.29. The summed E-state index contributed by atoms with van der Waals surface area (Å²) in [7, 11) is 0. The van der Waals surface area contributed by atoms with Gasteiger partial charge in [-0.15, -0.1) is 0 Å². The molecule has 3 rings (SSSR count). The number of hydrogen-bond acceptors (Lipinski definition) is 4. The number of rotatable bonds is 5. The fourth-order valence-corrected chi connectivity index (χ4v) is 3.34. The first-order valence-electron chi connectivity index (χ1n) is 8.84. The van der Waals surface area contributed by atoms with E-state index in [1.807, 2.05) is 13.8 Å². The molecule has 1 aliphatic rings. The average molecular weight is 358 g/mol. The Morgan fingerprint density at radius 1 is 1.38 bits per heavy atom. The van der Waals surface area contributed by atoms with E-state index in [1.165, 1.54) is 16.8 Å². The molecular weight excluding hydrogens is 335 g/mol. The lowest BCUT2D eigenvalue weighted by Crippen LogP contribution is -2.41. The smallest absolute Gasteiger partial charge is 0.270 e. The van der Waals surface area contributed by atoms with Crippen LogP contribution in [0.5, 0.6) is 0 Å². The lowest BCUT2D eigenvalue weighted by Gasteiger charge is -2.28. The van der Waals surface area contributed by atoms with Crippen molar-refractivity contribution in [2.45, 2.75) is 39.4 Å².